The van der Waals surface area contributed by atoms with Gasteiger partial charge in [0.25, 0.3) is 10.0 Å². The molecule has 3 rings (SSSR count). The molecule has 172 valence electrons. The summed E-state index contributed by atoms with van der Waals surface area (Å²) in [5.74, 6) is 0.228. The van der Waals surface area contributed by atoms with Gasteiger partial charge in [0, 0.05) is 23.1 Å². The van der Waals surface area contributed by atoms with E-state index < -0.39 is 10.0 Å². The van der Waals surface area contributed by atoms with Crippen molar-refractivity contribution >= 4 is 37.8 Å². The fourth-order valence-corrected chi connectivity index (χ4v) is 5.31. The molecule has 0 amide bonds. The van der Waals surface area contributed by atoms with E-state index in [-0.39, 0.29) is 22.5 Å². The summed E-state index contributed by atoms with van der Waals surface area (Å²) in [6, 6.07) is 14.0. The number of likely N-dealkylation sites (tertiary alicyclic amines) is 1. The van der Waals surface area contributed by atoms with E-state index in [2.05, 4.69) is 20.3 Å². The van der Waals surface area contributed by atoms with Gasteiger partial charge in [0.15, 0.2) is 0 Å². The topological polar surface area (TPSA) is 85.3 Å². The van der Waals surface area contributed by atoms with Gasteiger partial charge in [0.2, 0.25) is 0 Å². The number of carbonyl (C=O) groups is 1. The predicted molar refractivity (Wildman–Crippen MR) is 126 cm³/mol. The molecule has 0 unspecified atom stereocenters. The number of esters is 1. The van der Waals surface area contributed by atoms with Gasteiger partial charge in [0.1, 0.15) is 16.5 Å². The molecule has 0 aliphatic carbocycles. The van der Waals surface area contributed by atoms with Gasteiger partial charge in [0.05, 0.1) is 19.1 Å². The Bertz CT molecular complexity index is 1070. The molecule has 2 aromatic rings. The number of hydrogen-bond acceptors (Lipinski definition) is 5. The Morgan fingerprint density at radius 1 is 1.09 bits per heavy atom. The standard InChI is InChI=1S/C23H27BrN2O5S/c1-3-30-20-11-10-19(24)16-21(20)32(28,29)25-22(17-8-6-5-7-9-17)26-14-12-18(13-15-26)23(27)31-4-2/h5-11,16,18H,3-4,12-15H2,1-2H3. The monoisotopic (exact) mass is 522 g/mol. The second kappa shape index (κ2) is 11.0. The number of benzene rings is 2. The zero-order chi connectivity index (χ0) is 23.1. The molecule has 1 aliphatic heterocycles. The molecule has 32 heavy (non-hydrogen) atoms. The largest absolute Gasteiger partial charge is 0.492 e. The maximum Gasteiger partial charge on any atom is 0.309 e. The average Bonchev–Trinajstić information content (AvgIpc) is 2.80. The third-order valence-corrected chi connectivity index (χ3v) is 6.92. The van der Waals surface area contributed by atoms with Gasteiger partial charge in [-0.2, -0.15) is 8.42 Å². The summed E-state index contributed by atoms with van der Waals surface area (Å²) in [4.78, 5) is 14.0. The van der Waals surface area contributed by atoms with E-state index in [0.717, 1.165) is 0 Å². The van der Waals surface area contributed by atoms with E-state index >= 15 is 0 Å². The summed E-state index contributed by atoms with van der Waals surface area (Å²) in [5, 5.41) is 0. The maximum atomic E-state index is 13.4. The Morgan fingerprint density at radius 2 is 1.78 bits per heavy atom. The lowest BCUT2D eigenvalue weighted by atomic mass is 9.96. The zero-order valence-electron chi connectivity index (χ0n) is 18.2. The Balaban J connectivity index is 1.97. The van der Waals surface area contributed by atoms with E-state index in [4.69, 9.17) is 9.47 Å². The van der Waals surface area contributed by atoms with Crippen molar-refractivity contribution in [3.8, 4) is 5.75 Å². The predicted octanol–water partition coefficient (Wildman–Crippen LogP) is 4.26. The first-order chi connectivity index (χ1) is 15.4. The lowest BCUT2D eigenvalue weighted by molar-refractivity contribution is -0.149. The van der Waals surface area contributed by atoms with E-state index in [9.17, 15) is 13.2 Å². The summed E-state index contributed by atoms with van der Waals surface area (Å²) in [6.45, 7) is 5.28. The fraction of sp³-hybridized carbons (Fsp3) is 0.391. The van der Waals surface area contributed by atoms with Gasteiger partial charge >= 0.3 is 5.97 Å². The Kier molecular flexibility index (Phi) is 8.31. The number of amidine groups is 1. The smallest absolute Gasteiger partial charge is 0.309 e. The number of nitrogens with zero attached hydrogens (tertiary/aromatic N) is 2. The molecule has 1 aliphatic rings. The van der Waals surface area contributed by atoms with Crippen LogP contribution in [-0.4, -0.2) is 51.4 Å². The molecule has 0 saturated carbocycles. The number of carbonyl (C=O) groups excluding carboxylic acids is 1. The minimum absolute atomic E-state index is 0.00330. The summed E-state index contributed by atoms with van der Waals surface area (Å²) in [6.07, 6.45) is 1.15. The van der Waals surface area contributed by atoms with Crippen LogP contribution < -0.4 is 4.74 Å². The minimum Gasteiger partial charge on any atom is -0.492 e. The van der Waals surface area contributed by atoms with Crippen molar-refractivity contribution in [2.24, 2.45) is 10.3 Å². The summed E-state index contributed by atoms with van der Waals surface area (Å²) < 4.78 is 42.3. The molecule has 9 heteroatoms. The van der Waals surface area contributed by atoms with Gasteiger partial charge in [-0.15, -0.1) is 4.40 Å². The van der Waals surface area contributed by atoms with Crippen LogP contribution in [0.15, 0.2) is 62.3 Å². The molecule has 0 aromatic heterocycles. The van der Waals surface area contributed by atoms with Crippen LogP contribution in [-0.2, 0) is 19.6 Å². The van der Waals surface area contributed by atoms with Crippen LogP contribution in [0.1, 0.15) is 32.3 Å². The molecule has 1 saturated heterocycles. The third-order valence-electron chi connectivity index (χ3n) is 5.14. The second-order valence-corrected chi connectivity index (χ2v) is 9.78. The average molecular weight is 523 g/mol. The molecule has 0 radical (unpaired) electrons. The Labute approximate surface area is 197 Å². The van der Waals surface area contributed by atoms with Crippen LogP contribution in [0.3, 0.4) is 0 Å². The molecule has 0 N–H and O–H groups in total. The number of ether oxygens (including phenoxy) is 2. The highest BCUT2D eigenvalue weighted by Gasteiger charge is 2.30. The summed E-state index contributed by atoms with van der Waals surface area (Å²) in [7, 11) is -4.07. The molecule has 1 fully saturated rings. The second-order valence-electron chi connectivity index (χ2n) is 7.29. The van der Waals surface area contributed by atoms with Crippen molar-refractivity contribution in [2.45, 2.75) is 31.6 Å². The quantitative estimate of drug-likeness (QED) is 0.306. The van der Waals surface area contributed by atoms with Crippen molar-refractivity contribution in [1.82, 2.24) is 4.90 Å². The van der Waals surface area contributed by atoms with Gasteiger partial charge in [-0.25, -0.2) is 0 Å². The highest BCUT2D eigenvalue weighted by Crippen LogP contribution is 2.30. The zero-order valence-corrected chi connectivity index (χ0v) is 20.6. The number of halogens is 1. The van der Waals surface area contributed by atoms with Gasteiger partial charge in [-0.1, -0.05) is 46.3 Å². The SMILES string of the molecule is CCOC(=O)C1CCN(C(=NS(=O)(=O)c2cc(Br)ccc2OCC)c2ccccc2)CC1. The number of piperidine rings is 1. The van der Waals surface area contributed by atoms with Crippen molar-refractivity contribution < 1.29 is 22.7 Å². The van der Waals surface area contributed by atoms with Gasteiger partial charge < -0.3 is 14.4 Å². The van der Waals surface area contributed by atoms with Crippen LogP contribution in [0.5, 0.6) is 5.75 Å². The van der Waals surface area contributed by atoms with Crippen LogP contribution in [0.25, 0.3) is 0 Å². The molecule has 0 bridgehead atoms. The Morgan fingerprint density at radius 3 is 2.41 bits per heavy atom. The van der Waals surface area contributed by atoms with Crippen LogP contribution in [0.2, 0.25) is 0 Å². The summed E-state index contributed by atoms with van der Waals surface area (Å²) in [5.41, 5.74) is 0.693. The van der Waals surface area contributed by atoms with E-state index in [1.807, 2.05) is 35.2 Å². The van der Waals surface area contributed by atoms with E-state index in [0.29, 0.717) is 55.0 Å². The molecular weight excluding hydrogens is 496 g/mol. The number of sulfonamides is 1. The molecular formula is C23H27BrN2O5S. The van der Waals surface area contributed by atoms with Crippen molar-refractivity contribution in [3.05, 3.63) is 58.6 Å². The first-order valence-electron chi connectivity index (χ1n) is 10.6. The minimum atomic E-state index is -4.07. The molecule has 0 atom stereocenters. The van der Waals surface area contributed by atoms with Crippen LogP contribution >= 0.6 is 15.9 Å². The number of hydrogen-bond donors (Lipinski definition) is 0. The maximum absolute atomic E-state index is 13.4. The fourth-order valence-electron chi connectivity index (χ4n) is 3.59. The molecule has 2 aromatic carbocycles. The van der Waals surface area contributed by atoms with Gasteiger partial charge in [-0.3, -0.25) is 4.79 Å². The van der Waals surface area contributed by atoms with Crippen molar-refractivity contribution in [3.63, 3.8) is 0 Å². The first-order valence-corrected chi connectivity index (χ1v) is 12.8. The Hall–Kier alpha value is -2.39. The van der Waals surface area contributed by atoms with Crippen LogP contribution in [0.4, 0.5) is 0 Å². The van der Waals surface area contributed by atoms with Crippen molar-refractivity contribution in [1.29, 1.82) is 0 Å². The van der Waals surface area contributed by atoms with Crippen molar-refractivity contribution in [2.75, 3.05) is 26.3 Å². The third kappa shape index (κ3) is 5.89. The molecule has 7 nitrogen and oxygen atoms in total. The van der Waals surface area contributed by atoms with Gasteiger partial charge in [-0.05, 0) is 44.9 Å². The highest BCUT2D eigenvalue weighted by atomic mass is 79.9. The summed E-state index contributed by atoms with van der Waals surface area (Å²) >= 11 is 3.34. The normalized spacial score (nSPS) is 15.5. The lowest BCUT2D eigenvalue weighted by Crippen LogP contribution is -2.41. The van der Waals surface area contributed by atoms with E-state index in [1.165, 1.54) is 6.07 Å². The molecule has 1 heterocycles. The van der Waals surface area contributed by atoms with E-state index in [1.54, 1.807) is 26.0 Å². The first kappa shape index (κ1) is 24.3. The number of rotatable bonds is 7. The highest BCUT2D eigenvalue weighted by molar-refractivity contribution is 9.10. The molecule has 0 spiro atoms. The lowest BCUT2D eigenvalue weighted by Gasteiger charge is -2.33. The van der Waals surface area contributed by atoms with Crippen LogP contribution in [0, 0.1) is 5.92 Å².